The van der Waals surface area contributed by atoms with Crippen LogP contribution in [0.25, 0.3) is 0 Å². The normalized spacial score (nSPS) is 33.2. The van der Waals surface area contributed by atoms with Crippen molar-refractivity contribution in [2.75, 3.05) is 13.2 Å². The van der Waals surface area contributed by atoms with E-state index in [-0.39, 0.29) is 40.9 Å². The van der Waals surface area contributed by atoms with Crippen LogP contribution in [0.2, 0.25) is 10.0 Å². The summed E-state index contributed by atoms with van der Waals surface area (Å²) in [6.45, 7) is 0.566. The summed E-state index contributed by atoms with van der Waals surface area (Å²) >= 11 is 17.9. The average Bonchev–Trinajstić information content (AvgIpc) is 2.60. The molecule has 2 unspecified atom stereocenters. The molecule has 5 rings (SSSR count). The molecule has 1 saturated heterocycles. The number of alkyl halides is 1. The number of benzene rings is 1. The van der Waals surface area contributed by atoms with E-state index in [1.807, 2.05) is 0 Å². The molecule has 1 aromatic carbocycles. The molecule has 3 N–H and O–H groups in total. The molecular weight excluding hydrogens is 425 g/mol. The number of nitrogens with one attached hydrogen (secondary N) is 3. The summed E-state index contributed by atoms with van der Waals surface area (Å²) in [5.74, 6) is 0.337. The van der Waals surface area contributed by atoms with Gasteiger partial charge in [0.15, 0.2) is 6.61 Å². The summed E-state index contributed by atoms with van der Waals surface area (Å²) in [5, 5.41) is 10.3. The van der Waals surface area contributed by atoms with E-state index < -0.39 is 0 Å². The molecule has 3 aliphatic carbocycles. The summed E-state index contributed by atoms with van der Waals surface area (Å²) in [4.78, 5) is 24.6. The molecule has 1 heterocycles. The number of piperidine rings is 1. The van der Waals surface area contributed by atoms with E-state index in [1.54, 1.807) is 18.2 Å². The minimum atomic E-state index is -0.216. The van der Waals surface area contributed by atoms with Gasteiger partial charge in [-0.2, -0.15) is 0 Å². The Kier molecular flexibility index (Phi) is 5.42. The summed E-state index contributed by atoms with van der Waals surface area (Å²) in [6.07, 6.45) is 3.88. The number of ether oxygens (including phenoxy) is 1. The van der Waals surface area contributed by atoms with E-state index in [4.69, 9.17) is 39.5 Å². The highest BCUT2D eigenvalue weighted by molar-refractivity contribution is 6.42. The van der Waals surface area contributed by atoms with Crippen LogP contribution in [-0.4, -0.2) is 47.5 Å². The zero-order chi connectivity index (χ0) is 19.9. The highest BCUT2D eigenvalue weighted by atomic mass is 35.5. The molecule has 3 saturated carbocycles. The molecule has 2 bridgehead atoms. The summed E-state index contributed by atoms with van der Waals surface area (Å²) in [6, 6.07) is 4.70. The van der Waals surface area contributed by atoms with Crippen molar-refractivity contribution in [3.05, 3.63) is 28.2 Å². The van der Waals surface area contributed by atoms with Crippen molar-refractivity contribution in [1.82, 2.24) is 16.0 Å². The molecule has 1 aromatic rings. The first-order valence-electron chi connectivity index (χ1n) is 9.37. The average molecular weight is 447 g/mol. The fourth-order valence-corrected chi connectivity index (χ4v) is 5.00. The zero-order valence-electron chi connectivity index (χ0n) is 15.2. The molecule has 0 radical (unpaired) electrons. The van der Waals surface area contributed by atoms with E-state index in [1.165, 1.54) is 0 Å². The summed E-state index contributed by atoms with van der Waals surface area (Å²) < 4.78 is 5.47. The van der Waals surface area contributed by atoms with Gasteiger partial charge >= 0.3 is 0 Å². The third kappa shape index (κ3) is 4.06. The van der Waals surface area contributed by atoms with E-state index >= 15 is 0 Å². The molecule has 1 aliphatic heterocycles. The largest absolute Gasteiger partial charge is 0.484 e. The fourth-order valence-electron chi connectivity index (χ4n) is 4.49. The molecule has 2 amide bonds. The highest BCUT2D eigenvalue weighted by Gasteiger charge is 2.69. The van der Waals surface area contributed by atoms with Gasteiger partial charge in [0.05, 0.1) is 16.1 Å². The van der Waals surface area contributed by atoms with Crippen molar-refractivity contribution >= 4 is 46.6 Å². The monoisotopic (exact) mass is 445 g/mol. The molecule has 0 aromatic heterocycles. The Bertz CT molecular complexity index is 776. The number of hydrogen-bond acceptors (Lipinski definition) is 4. The maximum atomic E-state index is 12.4. The van der Waals surface area contributed by atoms with Crippen LogP contribution in [0, 0.1) is 0 Å². The van der Waals surface area contributed by atoms with Gasteiger partial charge in [-0.3, -0.25) is 9.59 Å². The van der Waals surface area contributed by atoms with Crippen molar-refractivity contribution in [3.63, 3.8) is 0 Å². The van der Waals surface area contributed by atoms with Crippen molar-refractivity contribution in [3.8, 4) is 5.75 Å². The molecule has 28 heavy (non-hydrogen) atoms. The maximum Gasteiger partial charge on any atom is 0.258 e. The first kappa shape index (κ1) is 20.1. The Morgan fingerprint density at radius 1 is 1.11 bits per heavy atom. The molecule has 6 nitrogen and oxygen atoms in total. The second-order valence-corrected chi connectivity index (χ2v) is 9.56. The van der Waals surface area contributed by atoms with Crippen molar-refractivity contribution in [2.45, 2.75) is 54.6 Å². The van der Waals surface area contributed by atoms with Gasteiger partial charge in [-0.15, -0.1) is 11.6 Å². The third-order valence-electron chi connectivity index (χ3n) is 5.76. The molecule has 4 aliphatic rings. The Hall–Kier alpha value is -1.21. The maximum absolute atomic E-state index is 12.4. The van der Waals surface area contributed by atoms with Crippen LogP contribution >= 0.6 is 34.8 Å². The lowest BCUT2D eigenvalue weighted by molar-refractivity contribution is -0.151. The smallest absolute Gasteiger partial charge is 0.258 e. The fraction of sp³-hybridized carbons (Fsp3) is 0.579. The lowest BCUT2D eigenvalue weighted by Gasteiger charge is -2.70. The van der Waals surface area contributed by atoms with Crippen molar-refractivity contribution < 1.29 is 14.3 Å². The van der Waals surface area contributed by atoms with E-state index in [2.05, 4.69) is 16.0 Å². The van der Waals surface area contributed by atoms with Gasteiger partial charge in [-0.1, -0.05) is 23.2 Å². The SMILES string of the molecule is O=C(COc1ccc(Cl)c(Cl)c1)NC12CC(NC(=O)C3CCC(Cl)CN3)(C1)C2. The molecule has 9 heteroatoms. The summed E-state index contributed by atoms with van der Waals surface area (Å²) in [7, 11) is 0. The number of halogens is 3. The second kappa shape index (κ2) is 7.56. The minimum Gasteiger partial charge on any atom is -0.484 e. The molecule has 0 spiro atoms. The molecule has 4 fully saturated rings. The zero-order valence-corrected chi connectivity index (χ0v) is 17.5. The van der Waals surface area contributed by atoms with Crippen LogP contribution in [-0.2, 0) is 9.59 Å². The van der Waals surface area contributed by atoms with Crippen molar-refractivity contribution in [2.24, 2.45) is 0 Å². The Balaban J connectivity index is 1.19. The number of carbonyl (C=O) groups is 2. The van der Waals surface area contributed by atoms with Gasteiger partial charge in [0.25, 0.3) is 5.91 Å². The molecule has 2 atom stereocenters. The second-order valence-electron chi connectivity index (χ2n) is 8.13. The summed E-state index contributed by atoms with van der Waals surface area (Å²) in [5.41, 5.74) is -0.388. The van der Waals surface area contributed by atoms with Crippen LogP contribution in [0.4, 0.5) is 0 Å². The van der Waals surface area contributed by atoms with E-state index in [0.29, 0.717) is 22.3 Å². The number of carbonyl (C=O) groups excluding carboxylic acids is 2. The highest BCUT2D eigenvalue weighted by Crippen LogP contribution is 2.60. The molecule has 152 valence electrons. The first-order chi connectivity index (χ1) is 13.3. The van der Waals surface area contributed by atoms with Gasteiger partial charge in [-0.25, -0.2) is 0 Å². The quantitative estimate of drug-likeness (QED) is 0.587. The van der Waals surface area contributed by atoms with Gasteiger partial charge in [0, 0.05) is 29.1 Å². The van der Waals surface area contributed by atoms with Crippen LogP contribution in [0.5, 0.6) is 5.75 Å². The first-order valence-corrected chi connectivity index (χ1v) is 10.6. The van der Waals surface area contributed by atoms with Crippen LogP contribution < -0.4 is 20.7 Å². The Morgan fingerprint density at radius 2 is 1.82 bits per heavy atom. The van der Waals surface area contributed by atoms with Crippen LogP contribution in [0.15, 0.2) is 18.2 Å². The molecular formula is C19H22Cl3N3O3. The number of amides is 2. The number of hydrogen-bond donors (Lipinski definition) is 3. The lowest BCUT2D eigenvalue weighted by Crippen LogP contribution is -2.84. The van der Waals surface area contributed by atoms with E-state index in [9.17, 15) is 9.59 Å². The van der Waals surface area contributed by atoms with Gasteiger partial charge < -0.3 is 20.7 Å². The van der Waals surface area contributed by atoms with Gasteiger partial charge in [0.1, 0.15) is 5.75 Å². The van der Waals surface area contributed by atoms with Crippen LogP contribution in [0.1, 0.15) is 32.1 Å². The third-order valence-corrected chi connectivity index (χ3v) is 6.87. The number of rotatable bonds is 6. The lowest BCUT2D eigenvalue weighted by atomic mass is 9.44. The predicted molar refractivity (Wildman–Crippen MR) is 108 cm³/mol. The Morgan fingerprint density at radius 3 is 2.46 bits per heavy atom. The topological polar surface area (TPSA) is 79.5 Å². The van der Waals surface area contributed by atoms with E-state index in [0.717, 1.165) is 32.1 Å². The Labute approximate surface area is 178 Å². The van der Waals surface area contributed by atoms with Gasteiger partial charge in [0.2, 0.25) is 5.91 Å². The van der Waals surface area contributed by atoms with Crippen molar-refractivity contribution in [1.29, 1.82) is 0 Å². The van der Waals surface area contributed by atoms with Gasteiger partial charge in [-0.05, 0) is 44.2 Å². The minimum absolute atomic E-state index is 0.0335. The predicted octanol–water partition coefficient (Wildman–Crippen LogP) is 2.64. The van der Waals surface area contributed by atoms with Crippen LogP contribution in [0.3, 0.4) is 0 Å². The standard InChI is InChI=1S/C19H22Cl3N3O3/c20-11-1-4-15(23-6-11)17(27)25-19-8-18(9-19,10-19)24-16(26)7-28-12-2-3-13(21)14(22)5-12/h2-3,5,11,15,23H,1,4,6-10H2,(H,24,26)(H,25,27).